The summed E-state index contributed by atoms with van der Waals surface area (Å²) in [4.78, 5) is 18.0. The van der Waals surface area contributed by atoms with Crippen molar-refractivity contribution in [3.63, 3.8) is 0 Å². The van der Waals surface area contributed by atoms with Crippen LogP contribution in [0.3, 0.4) is 0 Å². The Morgan fingerprint density at radius 1 is 1.61 bits per heavy atom. The van der Waals surface area contributed by atoms with Crippen molar-refractivity contribution in [2.45, 2.75) is 26.3 Å². The van der Waals surface area contributed by atoms with E-state index in [0.29, 0.717) is 11.6 Å². The van der Waals surface area contributed by atoms with Crippen LogP contribution in [-0.2, 0) is 4.79 Å². The molecule has 1 aliphatic rings. The molecule has 5 nitrogen and oxygen atoms in total. The van der Waals surface area contributed by atoms with Gasteiger partial charge in [-0.05, 0) is 18.6 Å². The number of hydrogen-bond acceptors (Lipinski definition) is 5. The van der Waals surface area contributed by atoms with Crippen molar-refractivity contribution in [2.24, 2.45) is 11.7 Å². The molecule has 1 atom stereocenters. The molecule has 0 spiro atoms. The van der Waals surface area contributed by atoms with Crippen LogP contribution < -0.4 is 15.4 Å². The number of ether oxygens (including phenoxy) is 1. The molecule has 2 heterocycles. The van der Waals surface area contributed by atoms with Crippen molar-refractivity contribution < 1.29 is 9.53 Å². The lowest BCUT2D eigenvalue weighted by molar-refractivity contribution is -0.137. The van der Waals surface area contributed by atoms with Crippen LogP contribution in [0.5, 0.6) is 5.75 Å². The minimum atomic E-state index is -0.243. The lowest BCUT2D eigenvalue weighted by Gasteiger charge is -2.19. The van der Waals surface area contributed by atoms with Gasteiger partial charge in [-0.1, -0.05) is 13.8 Å². The fourth-order valence-corrected chi connectivity index (χ4v) is 1.91. The summed E-state index contributed by atoms with van der Waals surface area (Å²) in [5.41, 5.74) is 5.88. The molecule has 2 rings (SSSR count). The second kappa shape index (κ2) is 5.35. The van der Waals surface area contributed by atoms with Crippen molar-refractivity contribution in [1.29, 1.82) is 0 Å². The minimum Gasteiger partial charge on any atom is -0.422 e. The maximum Gasteiger partial charge on any atom is 0.313 e. The number of rotatable bonds is 3. The zero-order valence-corrected chi connectivity index (χ0v) is 10.8. The van der Waals surface area contributed by atoms with Crippen molar-refractivity contribution in [2.75, 3.05) is 18.0 Å². The third-order valence-corrected chi connectivity index (χ3v) is 2.96. The standard InChI is InChI=1S/C13H19N3O2/c1-9(2)13(17)18-11-4-3-6-15-12(11)16-7-5-10(14)8-16/h3-4,6,9-10H,5,7-8,14H2,1-2H3/t10-/m0/s1. The smallest absolute Gasteiger partial charge is 0.313 e. The first-order chi connectivity index (χ1) is 8.58. The van der Waals surface area contributed by atoms with E-state index in [0.717, 1.165) is 19.5 Å². The van der Waals surface area contributed by atoms with Gasteiger partial charge in [-0.3, -0.25) is 4.79 Å². The molecular weight excluding hydrogens is 230 g/mol. The molecule has 1 aliphatic heterocycles. The molecule has 1 aromatic rings. The Morgan fingerprint density at radius 2 is 2.39 bits per heavy atom. The quantitative estimate of drug-likeness (QED) is 0.815. The minimum absolute atomic E-state index is 0.154. The summed E-state index contributed by atoms with van der Waals surface area (Å²) in [6.45, 7) is 5.22. The maximum absolute atomic E-state index is 11.7. The van der Waals surface area contributed by atoms with Crippen LogP contribution in [0.4, 0.5) is 5.82 Å². The largest absolute Gasteiger partial charge is 0.422 e. The van der Waals surface area contributed by atoms with E-state index < -0.39 is 0 Å². The highest BCUT2D eigenvalue weighted by molar-refractivity contribution is 5.76. The molecule has 1 aromatic heterocycles. The fraction of sp³-hybridized carbons (Fsp3) is 0.538. The lowest BCUT2D eigenvalue weighted by Crippen LogP contribution is -2.27. The van der Waals surface area contributed by atoms with Gasteiger partial charge >= 0.3 is 5.97 Å². The van der Waals surface area contributed by atoms with E-state index in [2.05, 4.69) is 9.88 Å². The van der Waals surface area contributed by atoms with Crippen LogP contribution in [0.1, 0.15) is 20.3 Å². The van der Waals surface area contributed by atoms with Gasteiger partial charge in [0.15, 0.2) is 11.6 Å². The predicted octanol–water partition coefficient (Wildman–Crippen LogP) is 1.18. The number of carbonyl (C=O) groups is 1. The second-order valence-corrected chi connectivity index (χ2v) is 4.90. The SMILES string of the molecule is CC(C)C(=O)Oc1cccnc1N1CC[C@H](N)C1. The second-order valence-electron chi connectivity index (χ2n) is 4.90. The first kappa shape index (κ1) is 12.8. The summed E-state index contributed by atoms with van der Waals surface area (Å²) in [6, 6.07) is 3.70. The van der Waals surface area contributed by atoms with Crippen LogP contribution in [0, 0.1) is 5.92 Å². The number of anilines is 1. The Hall–Kier alpha value is -1.62. The number of nitrogens with two attached hydrogens (primary N) is 1. The Balaban J connectivity index is 2.18. The Labute approximate surface area is 107 Å². The summed E-state index contributed by atoms with van der Waals surface area (Å²) in [5.74, 6) is 0.830. The lowest BCUT2D eigenvalue weighted by atomic mass is 10.2. The zero-order chi connectivity index (χ0) is 13.1. The molecule has 2 N–H and O–H groups in total. The van der Waals surface area contributed by atoms with Crippen molar-refractivity contribution in [3.8, 4) is 5.75 Å². The molecular formula is C13H19N3O2. The summed E-state index contributed by atoms with van der Waals surface area (Å²) in [6.07, 6.45) is 2.64. The average molecular weight is 249 g/mol. The maximum atomic E-state index is 11.7. The normalized spacial score (nSPS) is 19.3. The van der Waals surface area contributed by atoms with Crippen LogP contribution in [0.25, 0.3) is 0 Å². The van der Waals surface area contributed by atoms with Gasteiger partial charge in [0.2, 0.25) is 0 Å². The summed E-state index contributed by atoms with van der Waals surface area (Å²) in [7, 11) is 0. The Morgan fingerprint density at radius 3 is 3.00 bits per heavy atom. The molecule has 0 unspecified atom stereocenters. The number of hydrogen-bond donors (Lipinski definition) is 1. The van der Waals surface area contributed by atoms with E-state index in [1.165, 1.54) is 0 Å². The highest BCUT2D eigenvalue weighted by Crippen LogP contribution is 2.28. The molecule has 0 saturated carbocycles. The molecule has 18 heavy (non-hydrogen) atoms. The molecule has 98 valence electrons. The predicted molar refractivity (Wildman–Crippen MR) is 69.5 cm³/mol. The van der Waals surface area contributed by atoms with Gasteiger partial charge in [-0.15, -0.1) is 0 Å². The Kier molecular flexibility index (Phi) is 3.81. The number of carbonyl (C=O) groups excluding carboxylic acids is 1. The number of nitrogens with zero attached hydrogens (tertiary/aromatic N) is 2. The Bertz CT molecular complexity index is 434. The van der Waals surface area contributed by atoms with Crippen LogP contribution in [0.15, 0.2) is 18.3 Å². The first-order valence-corrected chi connectivity index (χ1v) is 6.25. The van der Waals surface area contributed by atoms with Crippen molar-refractivity contribution in [1.82, 2.24) is 4.98 Å². The summed E-state index contributed by atoms with van der Waals surface area (Å²) in [5, 5.41) is 0. The molecule has 1 fully saturated rings. The molecule has 5 heteroatoms. The van der Waals surface area contributed by atoms with Crippen LogP contribution in [-0.4, -0.2) is 30.1 Å². The monoisotopic (exact) mass is 249 g/mol. The van der Waals surface area contributed by atoms with Crippen molar-refractivity contribution in [3.05, 3.63) is 18.3 Å². The van der Waals surface area contributed by atoms with E-state index in [-0.39, 0.29) is 17.9 Å². The van der Waals surface area contributed by atoms with E-state index >= 15 is 0 Å². The molecule has 0 bridgehead atoms. The fourth-order valence-electron chi connectivity index (χ4n) is 1.91. The average Bonchev–Trinajstić information content (AvgIpc) is 2.76. The van der Waals surface area contributed by atoms with Gasteiger partial charge in [-0.2, -0.15) is 0 Å². The topological polar surface area (TPSA) is 68.5 Å². The molecule has 1 saturated heterocycles. The summed E-state index contributed by atoms with van der Waals surface area (Å²) >= 11 is 0. The number of esters is 1. The van der Waals surface area contributed by atoms with Crippen molar-refractivity contribution >= 4 is 11.8 Å². The van der Waals surface area contributed by atoms with E-state index in [4.69, 9.17) is 10.5 Å². The third kappa shape index (κ3) is 2.79. The van der Waals surface area contributed by atoms with E-state index in [1.54, 1.807) is 18.3 Å². The molecule has 0 aromatic carbocycles. The van der Waals surface area contributed by atoms with Crippen LogP contribution in [0.2, 0.25) is 0 Å². The van der Waals surface area contributed by atoms with Gasteiger partial charge in [-0.25, -0.2) is 4.98 Å². The first-order valence-electron chi connectivity index (χ1n) is 6.25. The number of pyridine rings is 1. The zero-order valence-electron chi connectivity index (χ0n) is 10.8. The van der Waals surface area contributed by atoms with Gasteiger partial charge < -0.3 is 15.4 Å². The van der Waals surface area contributed by atoms with Crippen LogP contribution >= 0.6 is 0 Å². The molecule has 0 aliphatic carbocycles. The van der Waals surface area contributed by atoms with Gasteiger partial charge in [0, 0.05) is 25.3 Å². The highest BCUT2D eigenvalue weighted by Gasteiger charge is 2.24. The molecule has 0 amide bonds. The van der Waals surface area contributed by atoms with Gasteiger partial charge in [0.25, 0.3) is 0 Å². The third-order valence-electron chi connectivity index (χ3n) is 2.96. The number of aromatic nitrogens is 1. The van der Waals surface area contributed by atoms with E-state index in [9.17, 15) is 4.79 Å². The van der Waals surface area contributed by atoms with E-state index in [1.807, 2.05) is 13.8 Å². The van der Waals surface area contributed by atoms with Gasteiger partial charge in [0.05, 0.1) is 5.92 Å². The summed E-state index contributed by atoms with van der Waals surface area (Å²) < 4.78 is 5.37. The highest BCUT2D eigenvalue weighted by atomic mass is 16.5. The van der Waals surface area contributed by atoms with Gasteiger partial charge in [0.1, 0.15) is 0 Å². The molecule has 0 radical (unpaired) electrons.